The lowest BCUT2D eigenvalue weighted by Crippen LogP contribution is -2.71. The molecule has 1 saturated heterocycles. The summed E-state index contributed by atoms with van der Waals surface area (Å²) in [5, 5.41) is 11.3. The topological polar surface area (TPSA) is 89.9 Å². The van der Waals surface area contributed by atoms with Crippen molar-refractivity contribution in [2.24, 2.45) is 22.7 Å². The predicted molar refractivity (Wildman–Crippen MR) is 108 cm³/mol. The monoisotopic (exact) mass is 450 g/mol. The SMILES string of the molecule is CC1(C)O[C@@H]2C[C@H]3[C@@H]4C[C@H](F)C5=CC(=O)C=C[C@]5(C)[C@@]4(F)[C@@H](O)C[C@]3(C)[C@]2(C(=O)C=O)O1. The molecule has 32 heavy (non-hydrogen) atoms. The molecule has 4 fully saturated rings. The highest BCUT2D eigenvalue weighted by molar-refractivity contribution is 6.29. The van der Waals surface area contributed by atoms with Crippen molar-refractivity contribution in [2.75, 3.05) is 0 Å². The number of allylic oxidation sites excluding steroid dienone is 4. The van der Waals surface area contributed by atoms with E-state index in [0.717, 1.165) is 6.08 Å². The molecule has 0 amide bonds. The molecule has 1 aliphatic heterocycles. The van der Waals surface area contributed by atoms with E-state index in [-0.39, 0.29) is 31.1 Å². The van der Waals surface area contributed by atoms with Gasteiger partial charge in [-0.05, 0) is 63.7 Å². The molecule has 4 aliphatic carbocycles. The zero-order valence-electron chi connectivity index (χ0n) is 18.6. The van der Waals surface area contributed by atoms with Gasteiger partial charge in [0.15, 0.2) is 29.1 Å². The number of aliphatic hydroxyl groups excluding tert-OH is 1. The highest BCUT2D eigenvalue weighted by Crippen LogP contribution is 2.72. The van der Waals surface area contributed by atoms with E-state index in [1.54, 1.807) is 20.8 Å². The van der Waals surface area contributed by atoms with Gasteiger partial charge in [-0.2, -0.15) is 0 Å². The Morgan fingerprint density at radius 3 is 2.56 bits per heavy atom. The maximum Gasteiger partial charge on any atom is 0.230 e. The Morgan fingerprint density at radius 2 is 1.91 bits per heavy atom. The first-order valence-electron chi connectivity index (χ1n) is 11.1. The van der Waals surface area contributed by atoms with Crippen molar-refractivity contribution < 1.29 is 37.7 Å². The lowest BCUT2D eigenvalue weighted by atomic mass is 9.44. The molecule has 1 N–H and O–H groups in total. The maximum atomic E-state index is 17.1. The molecule has 0 radical (unpaired) electrons. The number of ether oxygens (including phenoxy) is 2. The minimum atomic E-state index is -2.26. The van der Waals surface area contributed by atoms with Crippen molar-refractivity contribution in [1.82, 2.24) is 0 Å². The van der Waals surface area contributed by atoms with Crippen LogP contribution < -0.4 is 0 Å². The van der Waals surface area contributed by atoms with Crippen LogP contribution in [0.2, 0.25) is 0 Å². The van der Waals surface area contributed by atoms with E-state index in [1.807, 2.05) is 0 Å². The average molecular weight is 450 g/mol. The van der Waals surface area contributed by atoms with Gasteiger partial charge in [0.2, 0.25) is 5.78 Å². The number of hydrogen-bond donors (Lipinski definition) is 1. The number of halogens is 2. The second kappa shape index (κ2) is 6.21. The number of aldehydes is 1. The number of aliphatic hydroxyl groups is 1. The molecule has 9 atom stereocenters. The molecule has 5 rings (SSSR count). The summed E-state index contributed by atoms with van der Waals surface area (Å²) < 4.78 is 44.7. The summed E-state index contributed by atoms with van der Waals surface area (Å²) in [6.45, 7) is 6.52. The summed E-state index contributed by atoms with van der Waals surface area (Å²) in [6, 6.07) is 0. The highest BCUT2D eigenvalue weighted by Gasteiger charge is 2.80. The van der Waals surface area contributed by atoms with Crippen LogP contribution in [0.25, 0.3) is 0 Å². The number of rotatable bonds is 2. The van der Waals surface area contributed by atoms with Crippen LogP contribution in [0.3, 0.4) is 0 Å². The molecule has 0 unspecified atom stereocenters. The number of fused-ring (bicyclic) bond motifs is 7. The van der Waals surface area contributed by atoms with Crippen LogP contribution in [-0.4, -0.2) is 58.4 Å². The summed E-state index contributed by atoms with van der Waals surface area (Å²) in [4.78, 5) is 36.6. The predicted octanol–water partition coefficient (Wildman–Crippen LogP) is 2.57. The number of Topliss-reactive ketones (excluding diaryl/α,β-unsaturated/α-hetero) is 1. The first-order valence-corrected chi connectivity index (χ1v) is 11.1. The van der Waals surface area contributed by atoms with Crippen LogP contribution in [0.4, 0.5) is 8.78 Å². The van der Waals surface area contributed by atoms with Crippen LogP contribution >= 0.6 is 0 Å². The molecule has 174 valence electrons. The van der Waals surface area contributed by atoms with Gasteiger partial charge >= 0.3 is 0 Å². The summed E-state index contributed by atoms with van der Waals surface area (Å²) in [5.74, 6) is -3.91. The Kier molecular flexibility index (Phi) is 4.28. The minimum absolute atomic E-state index is 0.0388. The molecule has 3 saturated carbocycles. The lowest BCUT2D eigenvalue weighted by Gasteiger charge is -2.63. The van der Waals surface area contributed by atoms with Crippen LogP contribution in [0.15, 0.2) is 23.8 Å². The van der Waals surface area contributed by atoms with E-state index >= 15 is 8.78 Å². The maximum absolute atomic E-state index is 17.1. The fraction of sp³-hybridized carbons (Fsp3) is 0.708. The average Bonchev–Trinajstić information content (AvgIpc) is 3.11. The van der Waals surface area contributed by atoms with E-state index in [1.165, 1.54) is 19.1 Å². The van der Waals surface area contributed by atoms with Crippen molar-refractivity contribution in [3.63, 3.8) is 0 Å². The van der Waals surface area contributed by atoms with Gasteiger partial charge in [0.25, 0.3) is 0 Å². The van der Waals surface area contributed by atoms with Gasteiger partial charge in [0, 0.05) is 16.7 Å². The third-order valence-corrected chi connectivity index (χ3v) is 9.09. The molecule has 8 heteroatoms. The van der Waals surface area contributed by atoms with E-state index in [0.29, 0.717) is 0 Å². The van der Waals surface area contributed by atoms with Crippen LogP contribution in [0.5, 0.6) is 0 Å². The normalized spacial score (nSPS) is 53.0. The summed E-state index contributed by atoms with van der Waals surface area (Å²) in [7, 11) is 0. The summed E-state index contributed by atoms with van der Waals surface area (Å²) >= 11 is 0. The first kappa shape index (κ1) is 22.0. The van der Waals surface area contributed by atoms with Gasteiger partial charge in [-0.15, -0.1) is 0 Å². The molecule has 0 bridgehead atoms. The highest BCUT2D eigenvalue weighted by atomic mass is 19.1. The number of hydrogen-bond acceptors (Lipinski definition) is 6. The summed E-state index contributed by atoms with van der Waals surface area (Å²) in [6.07, 6.45) is -0.241. The minimum Gasteiger partial charge on any atom is -0.390 e. The third-order valence-electron chi connectivity index (χ3n) is 9.09. The molecule has 6 nitrogen and oxygen atoms in total. The van der Waals surface area contributed by atoms with Crippen molar-refractivity contribution in [1.29, 1.82) is 0 Å². The Labute approximate surface area is 185 Å². The molecule has 0 aromatic rings. The Balaban J connectivity index is 1.67. The molecule has 5 aliphatic rings. The van der Waals surface area contributed by atoms with Crippen LogP contribution in [0, 0.1) is 22.7 Å². The van der Waals surface area contributed by atoms with E-state index in [9.17, 15) is 19.5 Å². The second-order valence-electron chi connectivity index (χ2n) is 10.9. The van der Waals surface area contributed by atoms with Crippen molar-refractivity contribution in [3.8, 4) is 0 Å². The molecular formula is C24H28F2O6. The Bertz CT molecular complexity index is 989. The van der Waals surface area contributed by atoms with Gasteiger partial charge in [-0.3, -0.25) is 14.4 Å². The number of ketones is 2. The number of carbonyl (C=O) groups is 3. The van der Waals surface area contributed by atoms with Crippen molar-refractivity contribution >= 4 is 17.9 Å². The fourth-order valence-corrected chi connectivity index (χ4v) is 7.82. The van der Waals surface area contributed by atoms with E-state index < -0.39 is 69.7 Å². The Morgan fingerprint density at radius 1 is 1.22 bits per heavy atom. The van der Waals surface area contributed by atoms with Gasteiger partial charge < -0.3 is 14.6 Å². The van der Waals surface area contributed by atoms with Crippen molar-refractivity contribution in [2.45, 2.75) is 82.4 Å². The third kappa shape index (κ3) is 2.26. The van der Waals surface area contributed by atoms with Crippen LogP contribution in [0.1, 0.15) is 47.0 Å². The first-order chi connectivity index (χ1) is 14.8. The van der Waals surface area contributed by atoms with E-state index in [2.05, 4.69) is 0 Å². The lowest BCUT2D eigenvalue weighted by molar-refractivity contribution is -0.247. The zero-order chi connectivity index (χ0) is 23.5. The smallest absolute Gasteiger partial charge is 0.230 e. The fourth-order valence-electron chi connectivity index (χ4n) is 7.82. The number of carbonyl (C=O) groups excluding carboxylic acids is 3. The van der Waals surface area contributed by atoms with Gasteiger partial charge in [0.1, 0.15) is 6.17 Å². The molecule has 1 heterocycles. The van der Waals surface area contributed by atoms with Crippen molar-refractivity contribution in [3.05, 3.63) is 23.8 Å². The quantitative estimate of drug-likeness (QED) is 0.514. The standard InChI is InChI=1S/C24H28F2O6/c1-20(2)31-19-9-13-14-8-16(25)15-7-12(28)5-6-21(15,3)23(14,26)17(29)10-22(13,4)24(19,32-20)18(30)11-27/h5-7,11,13-14,16-17,19,29H,8-10H2,1-4H3/t13-,14-,16-,17-,19+,21-,22-,23-,24+/m0/s1. The molecular weight excluding hydrogens is 422 g/mol. The summed E-state index contributed by atoms with van der Waals surface area (Å²) in [5.41, 5.74) is -6.55. The van der Waals surface area contributed by atoms with Gasteiger partial charge in [-0.25, -0.2) is 8.78 Å². The van der Waals surface area contributed by atoms with Crippen LogP contribution in [-0.2, 0) is 23.9 Å². The van der Waals surface area contributed by atoms with Gasteiger partial charge in [0.05, 0.1) is 12.2 Å². The molecule has 0 aromatic carbocycles. The number of alkyl halides is 2. The molecule has 0 aromatic heterocycles. The Hall–Kier alpha value is -1.77. The van der Waals surface area contributed by atoms with E-state index in [4.69, 9.17) is 9.47 Å². The molecule has 0 spiro atoms. The van der Waals surface area contributed by atoms with Gasteiger partial charge in [-0.1, -0.05) is 13.0 Å². The zero-order valence-corrected chi connectivity index (χ0v) is 18.6. The second-order valence-corrected chi connectivity index (χ2v) is 10.9. The largest absolute Gasteiger partial charge is 0.390 e.